The largest absolute Gasteiger partial charge is 0.466 e. The first-order chi connectivity index (χ1) is 19.3. The lowest BCUT2D eigenvalue weighted by Crippen LogP contribution is -2.25. The van der Waals surface area contributed by atoms with E-state index in [1.807, 2.05) is 0 Å². The summed E-state index contributed by atoms with van der Waals surface area (Å²) < 4.78 is 11.0. The zero-order valence-corrected chi connectivity index (χ0v) is 27.9. The molecule has 0 aliphatic heterocycles. The average molecular weight is 567 g/mol. The molecule has 0 aliphatic carbocycles. The zero-order valence-electron chi connectivity index (χ0n) is 27.9. The van der Waals surface area contributed by atoms with Crippen LogP contribution in [0.2, 0.25) is 0 Å². The molecule has 4 nitrogen and oxygen atoms in total. The van der Waals surface area contributed by atoms with Crippen LogP contribution in [0.4, 0.5) is 0 Å². The molecule has 0 aliphatic rings. The molecule has 0 rings (SSSR count). The molecule has 0 spiro atoms. The van der Waals surface area contributed by atoms with E-state index in [0.29, 0.717) is 25.6 Å². The maximum absolute atomic E-state index is 12.7. The first-order valence-electron chi connectivity index (χ1n) is 17.6. The van der Waals surface area contributed by atoms with Crippen molar-refractivity contribution in [3.05, 3.63) is 0 Å². The number of hydrogen-bond acceptors (Lipinski definition) is 4. The van der Waals surface area contributed by atoms with Crippen molar-refractivity contribution in [1.82, 2.24) is 0 Å². The predicted molar refractivity (Wildman–Crippen MR) is 171 cm³/mol. The van der Waals surface area contributed by atoms with Crippen molar-refractivity contribution < 1.29 is 19.1 Å². The lowest BCUT2D eigenvalue weighted by Gasteiger charge is -2.23. The Morgan fingerprint density at radius 3 is 1.40 bits per heavy atom. The first-order valence-corrected chi connectivity index (χ1v) is 17.6. The van der Waals surface area contributed by atoms with Gasteiger partial charge in [-0.25, -0.2) is 0 Å². The molecule has 0 aromatic heterocycles. The Kier molecular flexibility index (Phi) is 27.3. The maximum atomic E-state index is 12.7. The Balaban J connectivity index is 3.67. The first kappa shape index (κ1) is 38.9. The third-order valence-corrected chi connectivity index (χ3v) is 8.40. The van der Waals surface area contributed by atoms with E-state index in [1.54, 1.807) is 0 Å². The fourth-order valence-electron chi connectivity index (χ4n) is 5.67. The summed E-state index contributed by atoms with van der Waals surface area (Å²) in [6.45, 7) is 14.6. The highest BCUT2D eigenvalue weighted by Gasteiger charge is 2.26. The molecule has 0 radical (unpaired) electrons. The molecular formula is C36H70O4. The predicted octanol–water partition coefficient (Wildman–Crippen LogP) is 11.2. The Labute approximate surface area is 250 Å². The van der Waals surface area contributed by atoms with Gasteiger partial charge in [0.15, 0.2) is 0 Å². The lowest BCUT2D eigenvalue weighted by atomic mass is 9.84. The van der Waals surface area contributed by atoms with Gasteiger partial charge in [0.2, 0.25) is 0 Å². The summed E-state index contributed by atoms with van der Waals surface area (Å²) >= 11 is 0. The summed E-state index contributed by atoms with van der Waals surface area (Å²) in [5.74, 6) is 2.10. The van der Waals surface area contributed by atoms with E-state index in [0.717, 1.165) is 63.2 Å². The number of unbranched alkanes of at least 4 members (excludes halogenated alkanes) is 13. The molecule has 0 amide bonds. The van der Waals surface area contributed by atoms with E-state index < -0.39 is 0 Å². The molecule has 2 unspecified atom stereocenters. The van der Waals surface area contributed by atoms with Crippen LogP contribution in [-0.4, -0.2) is 25.2 Å². The lowest BCUT2D eigenvalue weighted by molar-refractivity contribution is -0.151. The molecule has 0 N–H and O–H groups in total. The van der Waals surface area contributed by atoms with Gasteiger partial charge in [0.25, 0.3) is 0 Å². The van der Waals surface area contributed by atoms with E-state index >= 15 is 0 Å². The number of ether oxygens (including phenoxy) is 2. The van der Waals surface area contributed by atoms with Gasteiger partial charge >= 0.3 is 11.9 Å². The average Bonchev–Trinajstić information content (AvgIpc) is 2.92. The van der Waals surface area contributed by atoms with Crippen LogP contribution in [0.3, 0.4) is 0 Å². The maximum Gasteiger partial charge on any atom is 0.309 e. The molecule has 0 fully saturated rings. The Morgan fingerprint density at radius 2 is 0.925 bits per heavy atom. The van der Waals surface area contributed by atoms with Crippen LogP contribution in [0.15, 0.2) is 0 Å². The smallest absolute Gasteiger partial charge is 0.309 e. The van der Waals surface area contributed by atoms with E-state index in [-0.39, 0.29) is 17.9 Å². The van der Waals surface area contributed by atoms with Crippen molar-refractivity contribution in [3.63, 3.8) is 0 Å². The van der Waals surface area contributed by atoms with Gasteiger partial charge in [-0.2, -0.15) is 0 Å². The van der Waals surface area contributed by atoms with Gasteiger partial charge in [0.1, 0.15) is 0 Å². The molecule has 0 aromatic rings. The van der Waals surface area contributed by atoms with E-state index in [2.05, 4.69) is 41.5 Å². The summed E-state index contributed by atoms with van der Waals surface area (Å²) in [6.07, 6.45) is 25.4. The van der Waals surface area contributed by atoms with Crippen LogP contribution in [0.1, 0.15) is 183 Å². The van der Waals surface area contributed by atoms with E-state index in [4.69, 9.17) is 9.47 Å². The van der Waals surface area contributed by atoms with Crippen LogP contribution < -0.4 is 0 Å². The molecule has 0 heterocycles. The molecule has 238 valence electrons. The van der Waals surface area contributed by atoms with Crippen molar-refractivity contribution in [2.24, 2.45) is 23.7 Å². The molecule has 2 atom stereocenters. The van der Waals surface area contributed by atoms with Crippen molar-refractivity contribution in [3.8, 4) is 0 Å². The van der Waals surface area contributed by atoms with E-state index in [1.165, 1.54) is 83.5 Å². The number of esters is 2. The minimum Gasteiger partial charge on any atom is -0.466 e. The molecule has 0 aromatic carbocycles. The summed E-state index contributed by atoms with van der Waals surface area (Å²) in [7, 11) is 0. The SMILES string of the molecule is CCC(CCCCCCCCCCCCC(=O)OCCCCCC(C)C)C(CC)C(=O)OCCCCCC(C)C. The highest BCUT2D eigenvalue weighted by atomic mass is 16.5. The van der Waals surface area contributed by atoms with Gasteiger partial charge in [-0.3, -0.25) is 9.59 Å². The number of carbonyl (C=O) groups excluding carboxylic acids is 2. The Hall–Kier alpha value is -1.06. The Morgan fingerprint density at radius 1 is 0.500 bits per heavy atom. The molecule has 4 heteroatoms. The highest BCUT2D eigenvalue weighted by Crippen LogP contribution is 2.27. The molecule has 0 saturated heterocycles. The van der Waals surface area contributed by atoms with Crippen LogP contribution in [-0.2, 0) is 19.1 Å². The second-order valence-corrected chi connectivity index (χ2v) is 13.1. The van der Waals surface area contributed by atoms with Crippen molar-refractivity contribution in [2.75, 3.05) is 13.2 Å². The van der Waals surface area contributed by atoms with Crippen molar-refractivity contribution in [2.45, 2.75) is 183 Å². The van der Waals surface area contributed by atoms with Gasteiger partial charge in [-0.1, -0.05) is 144 Å². The Bertz CT molecular complexity index is 571. The van der Waals surface area contributed by atoms with Crippen LogP contribution in [0.25, 0.3) is 0 Å². The number of carbonyl (C=O) groups is 2. The topological polar surface area (TPSA) is 52.6 Å². The minimum absolute atomic E-state index is 0.0103. The van der Waals surface area contributed by atoms with Crippen LogP contribution >= 0.6 is 0 Å². The van der Waals surface area contributed by atoms with Gasteiger partial charge in [0, 0.05) is 6.42 Å². The summed E-state index contributed by atoms with van der Waals surface area (Å²) in [4.78, 5) is 24.5. The van der Waals surface area contributed by atoms with Crippen LogP contribution in [0.5, 0.6) is 0 Å². The number of rotatable bonds is 29. The second kappa shape index (κ2) is 28.1. The summed E-state index contributed by atoms with van der Waals surface area (Å²) in [6, 6.07) is 0. The van der Waals surface area contributed by atoms with Crippen molar-refractivity contribution in [1.29, 1.82) is 0 Å². The quantitative estimate of drug-likeness (QED) is 0.0667. The molecule has 0 bridgehead atoms. The summed E-state index contributed by atoms with van der Waals surface area (Å²) in [5.41, 5.74) is 0. The van der Waals surface area contributed by atoms with Gasteiger partial charge in [-0.15, -0.1) is 0 Å². The second-order valence-electron chi connectivity index (χ2n) is 13.1. The van der Waals surface area contributed by atoms with Gasteiger partial charge in [0.05, 0.1) is 19.1 Å². The molecule has 0 saturated carbocycles. The summed E-state index contributed by atoms with van der Waals surface area (Å²) in [5, 5.41) is 0. The van der Waals surface area contributed by atoms with E-state index in [9.17, 15) is 9.59 Å². The van der Waals surface area contributed by atoms with Crippen molar-refractivity contribution >= 4 is 11.9 Å². The van der Waals surface area contributed by atoms with Crippen LogP contribution in [0, 0.1) is 23.7 Å². The van der Waals surface area contributed by atoms with Gasteiger partial charge < -0.3 is 9.47 Å². The third-order valence-electron chi connectivity index (χ3n) is 8.40. The fourth-order valence-corrected chi connectivity index (χ4v) is 5.67. The highest BCUT2D eigenvalue weighted by molar-refractivity contribution is 5.72. The minimum atomic E-state index is -0.0103. The third kappa shape index (κ3) is 24.7. The molecular weight excluding hydrogens is 496 g/mol. The monoisotopic (exact) mass is 567 g/mol. The standard InChI is InChI=1S/C36H70O4/c1-7-33(34(8-2)36(38)40-30-24-18-20-26-32(5)6)27-21-15-13-11-9-10-12-14-16-22-28-35(37)39-29-23-17-19-25-31(3)4/h31-34H,7-30H2,1-6H3. The zero-order chi connectivity index (χ0) is 29.8. The molecule has 40 heavy (non-hydrogen) atoms. The number of hydrogen-bond donors (Lipinski definition) is 0. The normalized spacial score (nSPS) is 13.1. The van der Waals surface area contributed by atoms with Gasteiger partial charge in [-0.05, 0) is 49.9 Å². The fraction of sp³-hybridized carbons (Fsp3) is 0.944.